The molecule has 2 rings (SSSR count). The highest BCUT2D eigenvalue weighted by Crippen LogP contribution is 2.18. The van der Waals surface area contributed by atoms with E-state index in [2.05, 4.69) is 10.3 Å². The zero-order valence-electron chi connectivity index (χ0n) is 17.7. The van der Waals surface area contributed by atoms with Crippen molar-refractivity contribution in [2.75, 3.05) is 23.7 Å². The van der Waals surface area contributed by atoms with Crippen LogP contribution in [-0.4, -0.2) is 28.5 Å². The number of benzene rings is 1. The van der Waals surface area contributed by atoms with Crippen molar-refractivity contribution in [3.05, 3.63) is 56.5 Å². The van der Waals surface area contributed by atoms with Crippen molar-refractivity contribution >= 4 is 17.4 Å². The summed E-state index contributed by atoms with van der Waals surface area (Å²) < 4.78 is 15.1. The SMILES string of the molecule is CCCCn1c(N)c(N(CC(=O)NCc2ccccc2F)CC(C)C)c(=O)[nH]c1=O. The highest BCUT2D eigenvalue weighted by atomic mass is 19.1. The molecular formula is C21H30FN5O3. The van der Waals surface area contributed by atoms with E-state index in [0.717, 1.165) is 12.8 Å². The fourth-order valence-electron chi connectivity index (χ4n) is 3.16. The minimum atomic E-state index is -0.632. The van der Waals surface area contributed by atoms with Crippen LogP contribution < -0.4 is 27.2 Å². The summed E-state index contributed by atoms with van der Waals surface area (Å²) in [6.07, 6.45) is 1.58. The molecule has 4 N–H and O–H groups in total. The first-order chi connectivity index (χ1) is 14.2. The van der Waals surface area contributed by atoms with Crippen molar-refractivity contribution in [1.82, 2.24) is 14.9 Å². The number of anilines is 2. The highest BCUT2D eigenvalue weighted by Gasteiger charge is 2.22. The van der Waals surface area contributed by atoms with E-state index in [0.29, 0.717) is 18.7 Å². The number of rotatable bonds is 10. The molecule has 30 heavy (non-hydrogen) atoms. The van der Waals surface area contributed by atoms with E-state index in [-0.39, 0.29) is 36.4 Å². The lowest BCUT2D eigenvalue weighted by atomic mass is 10.2. The first-order valence-corrected chi connectivity index (χ1v) is 10.1. The van der Waals surface area contributed by atoms with Crippen molar-refractivity contribution in [1.29, 1.82) is 0 Å². The van der Waals surface area contributed by atoms with Gasteiger partial charge in [-0.3, -0.25) is 19.1 Å². The van der Waals surface area contributed by atoms with Crippen molar-refractivity contribution in [3.8, 4) is 0 Å². The number of aromatic nitrogens is 2. The maximum absolute atomic E-state index is 13.8. The average molecular weight is 420 g/mol. The number of amides is 1. The standard InChI is InChI=1S/C21H30FN5O3/c1-4-5-10-27-19(23)18(20(29)25-21(27)30)26(12-14(2)3)13-17(28)24-11-15-8-6-7-9-16(15)22/h6-9,14H,4-5,10-13,23H2,1-3H3,(H,24,28)(H,25,29,30). The second kappa shape index (κ2) is 10.6. The van der Waals surface area contributed by atoms with Gasteiger partial charge in [0.05, 0.1) is 6.54 Å². The smallest absolute Gasteiger partial charge is 0.330 e. The molecule has 0 aliphatic rings. The van der Waals surface area contributed by atoms with Crippen LogP contribution in [0.15, 0.2) is 33.9 Å². The van der Waals surface area contributed by atoms with Gasteiger partial charge in [-0.05, 0) is 18.4 Å². The van der Waals surface area contributed by atoms with Crippen LogP contribution in [0.25, 0.3) is 0 Å². The molecule has 8 nitrogen and oxygen atoms in total. The summed E-state index contributed by atoms with van der Waals surface area (Å²) in [5, 5.41) is 2.67. The van der Waals surface area contributed by atoms with Gasteiger partial charge in [0, 0.05) is 25.2 Å². The molecule has 0 bridgehead atoms. The van der Waals surface area contributed by atoms with Crippen LogP contribution in [0.1, 0.15) is 39.2 Å². The van der Waals surface area contributed by atoms with Crippen LogP contribution >= 0.6 is 0 Å². The first kappa shape index (κ1) is 23.2. The van der Waals surface area contributed by atoms with Gasteiger partial charge in [-0.1, -0.05) is 45.4 Å². The van der Waals surface area contributed by atoms with Crippen LogP contribution in [-0.2, 0) is 17.9 Å². The monoisotopic (exact) mass is 419 g/mol. The van der Waals surface area contributed by atoms with E-state index in [1.165, 1.54) is 10.6 Å². The fraction of sp³-hybridized carbons (Fsp3) is 0.476. The molecule has 164 valence electrons. The molecule has 1 aromatic carbocycles. The number of H-pyrrole nitrogens is 1. The van der Waals surface area contributed by atoms with Gasteiger partial charge < -0.3 is 16.0 Å². The van der Waals surface area contributed by atoms with Gasteiger partial charge in [0.1, 0.15) is 17.3 Å². The van der Waals surface area contributed by atoms with Crippen LogP contribution in [0.5, 0.6) is 0 Å². The Labute approximate surface area is 174 Å². The summed E-state index contributed by atoms with van der Waals surface area (Å²) in [5.74, 6) is -0.622. The van der Waals surface area contributed by atoms with E-state index < -0.39 is 17.1 Å². The number of aromatic amines is 1. The number of carbonyl (C=O) groups is 1. The van der Waals surface area contributed by atoms with Crippen LogP contribution in [0, 0.1) is 11.7 Å². The number of nitrogens with two attached hydrogens (primary N) is 1. The number of hydrogen-bond acceptors (Lipinski definition) is 5. The Kier molecular flexibility index (Phi) is 8.20. The maximum Gasteiger partial charge on any atom is 0.330 e. The average Bonchev–Trinajstić information content (AvgIpc) is 2.66. The number of nitrogens with zero attached hydrogens (tertiary/aromatic N) is 2. The van der Waals surface area contributed by atoms with Gasteiger partial charge in [-0.25, -0.2) is 9.18 Å². The number of carbonyl (C=O) groups excluding carboxylic acids is 1. The van der Waals surface area contributed by atoms with Gasteiger partial charge in [-0.2, -0.15) is 0 Å². The predicted molar refractivity (Wildman–Crippen MR) is 116 cm³/mol. The number of unbranched alkanes of at least 4 members (excludes halogenated alkanes) is 1. The molecule has 0 aliphatic carbocycles. The second-order valence-corrected chi connectivity index (χ2v) is 7.64. The summed E-state index contributed by atoms with van der Waals surface area (Å²) in [6, 6.07) is 6.18. The number of halogens is 1. The van der Waals surface area contributed by atoms with Crippen LogP contribution in [0.4, 0.5) is 15.9 Å². The fourth-order valence-corrected chi connectivity index (χ4v) is 3.16. The Morgan fingerprint density at radius 2 is 2.00 bits per heavy atom. The molecule has 1 aromatic heterocycles. The zero-order valence-corrected chi connectivity index (χ0v) is 17.7. The first-order valence-electron chi connectivity index (χ1n) is 10.1. The molecule has 2 aromatic rings. The van der Waals surface area contributed by atoms with Gasteiger partial charge >= 0.3 is 5.69 Å². The number of nitrogens with one attached hydrogen (secondary N) is 2. The quantitative estimate of drug-likeness (QED) is 0.544. The van der Waals surface area contributed by atoms with E-state index in [1.54, 1.807) is 23.1 Å². The Morgan fingerprint density at radius 1 is 1.30 bits per heavy atom. The molecule has 0 saturated heterocycles. The highest BCUT2D eigenvalue weighted by molar-refractivity contribution is 5.82. The molecule has 0 unspecified atom stereocenters. The number of hydrogen-bond donors (Lipinski definition) is 3. The van der Waals surface area contributed by atoms with Crippen molar-refractivity contribution in [3.63, 3.8) is 0 Å². The minimum Gasteiger partial charge on any atom is -0.383 e. The van der Waals surface area contributed by atoms with Gasteiger partial charge in [0.2, 0.25) is 5.91 Å². The third-order valence-corrected chi connectivity index (χ3v) is 4.62. The summed E-state index contributed by atoms with van der Waals surface area (Å²) in [4.78, 5) is 41.1. The summed E-state index contributed by atoms with van der Waals surface area (Å²) >= 11 is 0. The molecule has 0 radical (unpaired) electrons. The molecule has 1 heterocycles. The number of nitrogen functional groups attached to an aromatic ring is 1. The summed E-state index contributed by atoms with van der Waals surface area (Å²) in [6.45, 7) is 6.52. The third-order valence-electron chi connectivity index (χ3n) is 4.62. The minimum absolute atomic E-state index is 0.0306. The van der Waals surface area contributed by atoms with Gasteiger partial charge in [0.15, 0.2) is 0 Å². The summed E-state index contributed by atoms with van der Waals surface area (Å²) in [7, 11) is 0. The normalized spacial score (nSPS) is 11.0. The Hall–Kier alpha value is -3.10. The summed E-state index contributed by atoms with van der Waals surface area (Å²) in [5.41, 5.74) is 5.45. The molecule has 0 atom stereocenters. The molecule has 0 saturated carbocycles. The molecule has 0 fully saturated rings. The third kappa shape index (κ3) is 5.95. The lowest BCUT2D eigenvalue weighted by Crippen LogP contribution is -2.44. The topological polar surface area (TPSA) is 113 Å². The van der Waals surface area contributed by atoms with Gasteiger partial charge in [-0.15, -0.1) is 0 Å². The predicted octanol–water partition coefficient (Wildman–Crippen LogP) is 1.84. The van der Waals surface area contributed by atoms with Crippen molar-refractivity contribution < 1.29 is 9.18 Å². The van der Waals surface area contributed by atoms with Crippen molar-refractivity contribution in [2.24, 2.45) is 5.92 Å². The lowest BCUT2D eigenvalue weighted by Gasteiger charge is -2.27. The van der Waals surface area contributed by atoms with E-state index in [1.807, 2.05) is 20.8 Å². The largest absolute Gasteiger partial charge is 0.383 e. The van der Waals surface area contributed by atoms with E-state index in [9.17, 15) is 18.8 Å². The lowest BCUT2D eigenvalue weighted by molar-refractivity contribution is -0.119. The van der Waals surface area contributed by atoms with Crippen LogP contribution in [0.2, 0.25) is 0 Å². The molecule has 0 aliphatic heterocycles. The second-order valence-electron chi connectivity index (χ2n) is 7.64. The van der Waals surface area contributed by atoms with Gasteiger partial charge in [0.25, 0.3) is 5.56 Å². The zero-order chi connectivity index (χ0) is 22.3. The Morgan fingerprint density at radius 3 is 2.63 bits per heavy atom. The Balaban J connectivity index is 2.27. The van der Waals surface area contributed by atoms with E-state index in [4.69, 9.17) is 5.73 Å². The molecule has 0 spiro atoms. The molecular weight excluding hydrogens is 389 g/mol. The molecule has 1 amide bonds. The van der Waals surface area contributed by atoms with Crippen molar-refractivity contribution in [2.45, 2.75) is 46.7 Å². The van der Waals surface area contributed by atoms with Crippen LogP contribution in [0.3, 0.4) is 0 Å². The van der Waals surface area contributed by atoms with E-state index >= 15 is 0 Å². The molecule has 9 heteroatoms. The maximum atomic E-state index is 13.8. The Bertz CT molecular complexity index is 983.